The standard InChI is InChI=1S/C24H36BN5O5/c1-4-5-6-18-7-9-19(10-8-18)23(31)29-21(15-28-35-16-20-14-26-11-12-27-20)24(32)30-22(25(33)34)13-17(2)3/h7-12,14,17,21-22,28,33-34H,4-6,13,15-16H2,1-3H3,(H,29,31)(H,30,32)/t21-,22-/m0/s1. The summed E-state index contributed by atoms with van der Waals surface area (Å²) in [7, 11) is -1.73. The normalized spacial score (nSPS) is 12.7. The molecule has 0 fully saturated rings. The number of unbranched alkanes of at least 4 members (excludes halogenated alkanes) is 1. The summed E-state index contributed by atoms with van der Waals surface area (Å²) in [6.07, 6.45) is 8.10. The minimum atomic E-state index is -1.73. The van der Waals surface area contributed by atoms with Crippen molar-refractivity contribution in [2.24, 2.45) is 5.92 Å². The van der Waals surface area contributed by atoms with E-state index in [0.717, 1.165) is 24.8 Å². The minimum absolute atomic E-state index is 0.0532. The molecule has 5 N–H and O–H groups in total. The van der Waals surface area contributed by atoms with Gasteiger partial charge >= 0.3 is 7.12 Å². The molecule has 2 amide bonds. The lowest BCUT2D eigenvalue weighted by molar-refractivity contribution is -0.124. The lowest BCUT2D eigenvalue weighted by atomic mass is 9.75. The number of carbonyl (C=O) groups is 2. The van der Waals surface area contributed by atoms with Gasteiger partial charge in [-0.25, -0.2) is 0 Å². The summed E-state index contributed by atoms with van der Waals surface area (Å²) >= 11 is 0. The van der Waals surface area contributed by atoms with Gasteiger partial charge < -0.3 is 20.7 Å². The number of benzene rings is 1. The van der Waals surface area contributed by atoms with Crippen molar-refractivity contribution in [1.82, 2.24) is 26.1 Å². The maximum absolute atomic E-state index is 13.0. The second kappa shape index (κ2) is 15.2. The molecule has 1 aromatic heterocycles. The van der Waals surface area contributed by atoms with Gasteiger partial charge in [0.05, 0.1) is 24.4 Å². The number of hydrogen-bond donors (Lipinski definition) is 5. The highest BCUT2D eigenvalue weighted by Crippen LogP contribution is 2.09. The Kier molecular flexibility index (Phi) is 12.3. The summed E-state index contributed by atoms with van der Waals surface area (Å²) in [4.78, 5) is 39.3. The monoisotopic (exact) mass is 485 g/mol. The van der Waals surface area contributed by atoms with Crippen molar-refractivity contribution in [3.05, 3.63) is 59.7 Å². The Morgan fingerprint density at radius 2 is 1.86 bits per heavy atom. The number of aromatic nitrogens is 2. The van der Waals surface area contributed by atoms with Gasteiger partial charge in [0, 0.05) is 18.0 Å². The first-order valence-corrected chi connectivity index (χ1v) is 12.0. The first-order valence-electron chi connectivity index (χ1n) is 12.0. The molecule has 0 saturated heterocycles. The van der Waals surface area contributed by atoms with Crippen molar-refractivity contribution in [3.8, 4) is 0 Å². The van der Waals surface area contributed by atoms with E-state index in [-0.39, 0.29) is 19.1 Å². The van der Waals surface area contributed by atoms with E-state index in [4.69, 9.17) is 4.84 Å². The van der Waals surface area contributed by atoms with Gasteiger partial charge in [-0.3, -0.25) is 24.4 Å². The van der Waals surface area contributed by atoms with Crippen molar-refractivity contribution in [2.75, 3.05) is 6.54 Å². The Hall–Kier alpha value is -2.86. The summed E-state index contributed by atoms with van der Waals surface area (Å²) in [6.45, 7) is 6.00. The van der Waals surface area contributed by atoms with Crippen LogP contribution in [0.2, 0.25) is 0 Å². The summed E-state index contributed by atoms with van der Waals surface area (Å²) < 4.78 is 0. The highest BCUT2D eigenvalue weighted by atomic mass is 16.6. The molecule has 1 aromatic carbocycles. The smallest absolute Gasteiger partial charge is 0.426 e. The van der Waals surface area contributed by atoms with Crippen molar-refractivity contribution in [3.63, 3.8) is 0 Å². The number of nitrogens with one attached hydrogen (secondary N) is 3. The number of rotatable bonds is 15. The lowest BCUT2D eigenvalue weighted by Crippen LogP contribution is -2.57. The van der Waals surface area contributed by atoms with Gasteiger partial charge in [0.1, 0.15) is 12.6 Å². The average Bonchev–Trinajstić information content (AvgIpc) is 2.84. The quantitative estimate of drug-likeness (QED) is 0.144. The molecule has 2 aromatic rings. The molecule has 11 heteroatoms. The summed E-state index contributed by atoms with van der Waals surface area (Å²) in [5.74, 6) is -1.74. The molecule has 10 nitrogen and oxygen atoms in total. The molecular formula is C24H36BN5O5. The zero-order valence-corrected chi connectivity index (χ0v) is 20.6. The van der Waals surface area contributed by atoms with E-state index in [2.05, 4.69) is 33.0 Å². The SMILES string of the molecule is CCCCc1ccc(C(=O)N[C@@H](CNOCc2cnccn2)C(=O)N[C@@H](CC(C)C)B(O)O)cc1. The predicted molar refractivity (Wildman–Crippen MR) is 133 cm³/mol. The van der Waals surface area contributed by atoms with Crippen LogP contribution in [0.25, 0.3) is 0 Å². The second-order valence-electron chi connectivity index (χ2n) is 8.82. The number of nitrogens with zero attached hydrogens (tertiary/aromatic N) is 2. The summed E-state index contributed by atoms with van der Waals surface area (Å²) in [6, 6.07) is 6.24. The second-order valence-corrected chi connectivity index (χ2v) is 8.82. The highest BCUT2D eigenvalue weighted by molar-refractivity contribution is 6.43. The minimum Gasteiger partial charge on any atom is -0.426 e. The molecule has 0 saturated carbocycles. The maximum Gasteiger partial charge on any atom is 0.475 e. The maximum atomic E-state index is 13.0. The van der Waals surface area contributed by atoms with Gasteiger partial charge in [-0.1, -0.05) is 39.3 Å². The van der Waals surface area contributed by atoms with E-state index in [1.807, 2.05) is 26.0 Å². The zero-order chi connectivity index (χ0) is 25.6. The van der Waals surface area contributed by atoms with Crippen molar-refractivity contribution >= 4 is 18.9 Å². The van der Waals surface area contributed by atoms with Crippen LogP contribution in [0, 0.1) is 5.92 Å². The average molecular weight is 485 g/mol. The number of hydrogen-bond acceptors (Lipinski definition) is 8. The fourth-order valence-electron chi connectivity index (χ4n) is 3.37. The van der Waals surface area contributed by atoms with Crippen LogP contribution in [0.15, 0.2) is 42.9 Å². The van der Waals surface area contributed by atoms with E-state index < -0.39 is 30.9 Å². The number of hydroxylamine groups is 1. The van der Waals surface area contributed by atoms with Gasteiger partial charge in [-0.2, -0.15) is 5.48 Å². The fraction of sp³-hybridized carbons (Fsp3) is 0.500. The summed E-state index contributed by atoms with van der Waals surface area (Å²) in [5, 5.41) is 24.7. The fourth-order valence-corrected chi connectivity index (χ4v) is 3.37. The Balaban J connectivity index is 2.04. The van der Waals surface area contributed by atoms with Crippen LogP contribution in [0.3, 0.4) is 0 Å². The molecule has 0 aliphatic heterocycles. The molecule has 2 rings (SSSR count). The van der Waals surface area contributed by atoms with Gasteiger partial charge in [0.25, 0.3) is 5.91 Å². The van der Waals surface area contributed by atoms with Crippen LogP contribution in [0.1, 0.15) is 61.6 Å². The number of carbonyl (C=O) groups excluding carboxylic acids is 2. The third kappa shape index (κ3) is 10.5. The molecule has 0 bridgehead atoms. The molecule has 0 unspecified atom stereocenters. The van der Waals surface area contributed by atoms with Gasteiger partial charge in [-0.05, 0) is 42.9 Å². The van der Waals surface area contributed by atoms with Gasteiger partial charge in [0.2, 0.25) is 5.91 Å². The van der Waals surface area contributed by atoms with E-state index in [1.165, 1.54) is 6.20 Å². The number of amides is 2. The van der Waals surface area contributed by atoms with Crippen molar-refractivity contribution < 1.29 is 24.5 Å². The first kappa shape index (κ1) is 28.4. The Morgan fingerprint density at radius 3 is 2.46 bits per heavy atom. The van der Waals surface area contributed by atoms with Crippen LogP contribution in [-0.2, 0) is 22.7 Å². The molecule has 0 aliphatic carbocycles. The van der Waals surface area contributed by atoms with Gasteiger partial charge in [-0.15, -0.1) is 0 Å². The van der Waals surface area contributed by atoms with E-state index in [1.54, 1.807) is 24.5 Å². The number of aryl methyl sites for hydroxylation is 1. The first-order chi connectivity index (χ1) is 16.8. The molecule has 0 spiro atoms. The van der Waals surface area contributed by atoms with Crippen LogP contribution in [0.4, 0.5) is 0 Å². The van der Waals surface area contributed by atoms with Crippen LogP contribution in [0.5, 0.6) is 0 Å². The lowest BCUT2D eigenvalue weighted by Gasteiger charge is -2.24. The third-order valence-electron chi connectivity index (χ3n) is 5.30. The Bertz CT molecular complexity index is 899. The van der Waals surface area contributed by atoms with E-state index >= 15 is 0 Å². The molecule has 0 radical (unpaired) electrons. The zero-order valence-electron chi connectivity index (χ0n) is 20.6. The Morgan fingerprint density at radius 1 is 1.11 bits per heavy atom. The largest absolute Gasteiger partial charge is 0.475 e. The molecular weight excluding hydrogens is 449 g/mol. The topological polar surface area (TPSA) is 146 Å². The van der Waals surface area contributed by atoms with Crippen LogP contribution in [-0.4, -0.2) is 57.5 Å². The molecule has 0 aliphatic rings. The molecule has 190 valence electrons. The van der Waals surface area contributed by atoms with E-state index in [0.29, 0.717) is 17.7 Å². The molecule has 1 heterocycles. The van der Waals surface area contributed by atoms with Gasteiger partial charge in [0.15, 0.2) is 0 Å². The van der Waals surface area contributed by atoms with E-state index in [9.17, 15) is 19.6 Å². The molecule has 2 atom stereocenters. The third-order valence-corrected chi connectivity index (χ3v) is 5.30. The van der Waals surface area contributed by atoms with Crippen LogP contribution >= 0.6 is 0 Å². The predicted octanol–water partition coefficient (Wildman–Crippen LogP) is 1.18. The van der Waals surface area contributed by atoms with Crippen LogP contribution < -0.4 is 16.1 Å². The highest BCUT2D eigenvalue weighted by Gasteiger charge is 2.30. The van der Waals surface area contributed by atoms with Crippen molar-refractivity contribution in [2.45, 2.75) is 65.0 Å². The Labute approximate surface area is 207 Å². The van der Waals surface area contributed by atoms with Crippen molar-refractivity contribution in [1.29, 1.82) is 0 Å². The molecule has 35 heavy (non-hydrogen) atoms. The summed E-state index contributed by atoms with van der Waals surface area (Å²) in [5.41, 5.74) is 4.83.